The molecule has 28 heavy (non-hydrogen) atoms. The van der Waals surface area contributed by atoms with E-state index in [0.717, 1.165) is 16.8 Å². The highest BCUT2D eigenvalue weighted by Gasteiger charge is 2.64. The van der Waals surface area contributed by atoms with E-state index in [4.69, 9.17) is 5.73 Å². The Bertz CT molecular complexity index is 1040. The number of fused-ring (bicyclic) bond motifs is 5. The molecule has 0 bridgehead atoms. The van der Waals surface area contributed by atoms with Crippen molar-refractivity contribution in [2.45, 2.75) is 19.0 Å². The van der Waals surface area contributed by atoms with E-state index >= 15 is 0 Å². The van der Waals surface area contributed by atoms with E-state index < -0.39 is 23.8 Å². The number of primary amides is 1. The highest BCUT2D eigenvalue weighted by atomic mass is 16.2. The molecule has 140 valence electrons. The third kappa shape index (κ3) is 2.11. The normalized spacial score (nSPS) is 27.6. The van der Waals surface area contributed by atoms with Crippen LogP contribution in [-0.2, 0) is 14.4 Å². The van der Waals surface area contributed by atoms with Crippen molar-refractivity contribution >= 4 is 35.2 Å². The Labute approximate surface area is 162 Å². The summed E-state index contributed by atoms with van der Waals surface area (Å²) in [5.74, 6) is -2.64. The number of imide groups is 1. The first kappa shape index (κ1) is 16.7. The molecule has 0 radical (unpaired) electrons. The molecule has 5 rings (SSSR count). The summed E-state index contributed by atoms with van der Waals surface area (Å²) in [6.45, 7) is 1.94. The third-order valence-electron chi connectivity index (χ3n) is 6.00. The molecule has 3 amide bonds. The minimum absolute atomic E-state index is 0.276. The molecule has 0 spiro atoms. The van der Waals surface area contributed by atoms with Crippen LogP contribution in [0.25, 0.3) is 6.08 Å². The molecule has 2 aromatic rings. The van der Waals surface area contributed by atoms with Crippen LogP contribution in [-0.4, -0.2) is 29.8 Å². The first-order valence-electron chi connectivity index (χ1n) is 9.28. The number of rotatable bonds is 2. The second-order valence-electron chi connectivity index (χ2n) is 7.56. The summed E-state index contributed by atoms with van der Waals surface area (Å²) in [6, 6.07) is 13.6. The van der Waals surface area contributed by atoms with Gasteiger partial charge in [0.1, 0.15) is 6.04 Å². The zero-order valence-corrected chi connectivity index (χ0v) is 15.3. The van der Waals surface area contributed by atoms with E-state index in [-0.39, 0.29) is 17.9 Å². The van der Waals surface area contributed by atoms with E-state index in [0.29, 0.717) is 5.69 Å². The number of hydrogen-bond acceptors (Lipinski definition) is 4. The number of benzene rings is 2. The zero-order valence-electron chi connectivity index (χ0n) is 15.3. The van der Waals surface area contributed by atoms with Crippen molar-refractivity contribution < 1.29 is 14.4 Å². The largest absolute Gasteiger partial charge is 0.368 e. The Balaban J connectivity index is 1.62. The predicted molar refractivity (Wildman–Crippen MR) is 105 cm³/mol. The van der Waals surface area contributed by atoms with Crippen molar-refractivity contribution in [2.75, 3.05) is 9.80 Å². The van der Waals surface area contributed by atoms with Gasteiger partial charge < -0.3 is 10.6 Å². The maximum Gasteiger partial charge on any atom is 0.241 e. The van der Waals surface area contributed by atoms with Gasteiger partial charge in [-0.05, 0) is 30.7 Å². The van der Waals surface area contributed by atoms with Crippen LogP contribution in [0.4, 0.5) is 11.4 Å². The lowest BCUT2D eigenvalue weighted by atomic mass is 9.88. The van der Waals surface area contributed by atoms with Crippen molar-refractivity contribution in [1.82, 2.24) is 0 Å². The smallest absolute Gasteiger partial charge is 0.241 e. The SMILES string of the molecule is Cc1ccc(N2C(=O)C3C(C2=O)C(C(N)=O)N2c4ccccc4C=CC32)cc1. The van der Waals surface area contributed by atoms with Gasteiger partial charge in [-0.15, -0.1) is 0 Å². The highest BCUT2D eigenvalue weighted by molar-refractivity contribution is 6.24. The van der Waals surface area contributed by atoms with Crippen LogP contribution in [0.1, 0.15) is 11.1 Å². The molecule has 3 aliphatic rings. The molecule has 2 aromatic carbocycles. The average Bonchev–Trinajstić information content (AvgIpc) is 3.16. The van der Waals surface area contributed by atoms with E-state index in [9.17, 15) is 14.4 Å². The van der Waals surface area contributed by atoms with Crippen LogP contribution in [0, 0.1) is 18.8 Å². The fourth-order valence-corrected chi connectivity index (χ4v) is 4.79. The first-order valence-corrected chi connectivity index (χ1v) is 9.28. The van der Waals surface area contributed by atoms with E-state index in [1.807, 2.05) is 60.4 Å². The predicted octanol–water partition coefficient (Wildman–Crippen LogP) is 1.87. The molecule has 6 heteroatoms. The van der Waals surface area contributed by atoms with E-state index in [1.165, 1.54) is 4.90 Å². The standard InChI is InChI=1S/C22H19N3O3/c1-12-6-9-14(10-7-12)24-21(27)17-16-11-8-13-4-2-3-5-15(13)25(16)19(20(23)26)18(17)22(24)28/h2-11,16-19H,1H3,(H2,23,26). The molecular weight excluding hydrogens is 354 g/mol. The number of carbonyl (C=O) groups excluding carboxylic acids is 3. The van der Waals surface area contributed by atoms with Crippen molar-refractivity contribution in [2.24, 2.45) is 17.6 Å². The molecule has 4 atom stereocenters. The van der Waals surface area contributed by atoms with Gasteiger partial charge in [-0.3, -0.25) is 14.4 Å². The lowest BCUT2D eigenvalue weighted by Gasteiger charge is -2.35. The van der Waals surface area contributed by atoms with Crippen LogP contribution in [0.2, 0.25) is 0 Å². The summed E-state index contributed by atoms with van der Waals surface area (Å²) >= 11 is 0. The molecule has 2 fully saturated rings. The van der Waals surface area contributed by atoms with Crippen LogP contribution >= 0.6 is 0 Å². The van der Waals surface area contributed by atoms with Gasteiger partial charge in [0.15, 0.2) is 0 Å². The summed E-state index contributed by atoms with van der Waals surface area (Å²) in [4.78, 5) is 42.1. The molecule has 6 nitrogen and oxygen atoms in total. The molecule has 3 heterocycles. The van der Waals surface area contributed by atoms with Gasteiger partial charge >= 0.3 is 0 Å². The second-order valence-corrected chi connectivity index (χ2v) is 7.56. The number of hydrogen-bond donors (Lipinski definition) is 1. The summed E-state index contributed by atoms with van der Waals surface area (Å²) in [5.41, 5.74) is 9.09. The van der Waals surface area contributed by atoms with Crippen molar-refractivity contribution in [1.29, 1.82) is 0 Å². The van der Waals surface area contributed by atoms with Gasteiger partial charge in [0.2, 0.25) is 17.7 Å². The van der Waals surface area contributed by atoms with Gasteiger partial charge in [-0.1, -0.05) is 48.0 Å². The fourth-order valence-electron chi connectivity index (χ4n) is 4.79. The summed E-state index contributed by atoms with van der Waals surface area (Å²) in [7, 11) is 0. The van der Waals surface area contributed by atoms with Crippen molar-refractivity contribution in [3.8, 4) is 0 Å². The summed E-state index contributed by atoms with van der Waals surface area (Å²) < 4.78 is 0. The van der Waals surface area contributed by atoms with Gasteiger partial charge in [0.25, 0.3) is 0 Å². The van der Waals surface area contributed by atoms with Gasteiger partial charge in [0, 0.05) is 5.69 Å². The number of anilines is 2. The molecule has 4 unspecified atom stereocenters. The number of amides is 3. The van der Waals surface area contributed by atoms with Crippen LogP contribution in [0.3, 0.4) is 0 Å². The third-order valence-corrected chi connectivity index (χ3v) is 6.00. The lowest BCUT2D eigenvalue weighted by molar-refractivity contribution is -0.127. The molecule has 2 saturated heterocycles. The Morgan fingerprint density at radius 1 is 0.964 bits per heavy atom. The monoisotopic (exact) mass is 373 g/mol. The molecule has 0 saturated carbocycles. The lowest BCUT2D eigenvalue weighted by Crippen LogP contribution is -2.50. The molecule has 0 aliphatic carbocycles. The maximum atomic E-state index is 13.3. The Morgan fingerprint density at radius 2 is 1.64 bits per heavy atom. The Kier molecular flexibility index (Phi) is 3.46. The van der Waals surface area contributed by atoms with Crippen molar-refractivity contribution in [3.63, 3.8) is 0 Å². The topological polar surface area (TPSA) is 83.7 Å². The minimum Gasteiger partial charge on any atom is -0.368 e. The number of para-hydroxylation sites is 1. The minimum atomic E-state index is -0.854. The maximum absolute atomic E-state index is 13.3. The Morgan fingerprint density at radius 3 is 2.36 bits per heavy atom. The van der Waals surface area contributed by atoms with E-state index in [1.54, 1.807) is 12.1 Å². The van der Waals surface area contributed by atoms with Gasteiger partial charge in [-0.2, -0.15) is 0 Å². The zero-order chi connectivity index (χ0) is 19.6. The molecule has 0 aromatic heterocycles. The number of nitrogens with two attached hydrogens (primary N) is 1. The molecule has 3 aliphatic heterocycles. The average molecular weight is 373 g/mol. The van der Waals surface area contributed by atoms with Crippen molar-refractivity contribution in [3.05, 3.63) is 65.7 Å². The Hall–Kier alpha value is -3.41. The quantitative estimate of drug-likeness (QED) is 0.815. The summed E-state index contributed by atoms with van der Waals surface area (Å²) in [6.07, 6.45) is 3.86. The van der Waals surface area contributed by atoms with E-state index in [2.05, 4.69) is 0 Å². The molecular formula is C22H19N3O3. The number of carbonyl (C=O) groups is 3. The van der Waals surface area contributed by atoms with Crippen LogP contribution in [0.15, 0.2) is 54.6 Å². The summed E-state index contributed by atoms with van der Waals surface area (Å²) in [5, 5.41) is 0. The molecule has 2 N–H and O–H groups in total. The number of aryl methyl sites for hydroxylation is 1. The van der Waals surface area contributed by atoms with Gasteiger partial charge in [0.05, 0.1) is 23.6 Å². The number of nitrogens with zero attached hydrogens (tertiary/aromatic N) is 2. The van der Waals surface area contributed by atoms with Crippen LogP contribution in [0.5, 0.6) is 0 Å². The van der Waals surface area contributed by atoms with Gasteiger partial charge in [-0.25, -0.2) is 4.90 Å². The fraction of sp³-hybridized carbons (Fsp3) is 0.227. The van der Waals surface area contributed by atoms with Crippen LogP contribution < -0.4 is 15.5 Å². The highest BCUT2D eigenvalue weighted by Crippen LogP contribution is 2.48. The second kappa shape index (κ2) is 5.79. The first-order chi connectivity index (χ1) is 13.5.